The molecule has 1 amide bonds. The van der Waals surface area contributed by atoms with E-state index in [1.54, 1.807) is 17.1 Å². The Balaban J connectivity index is 0.990. The second-order valence-corrected chi connectivity index (χ2v) is 11.6. The molecule has 1 saturated carbocycles. The fourth-order valence-corrected chi connectivity index (χ4v) is 5.87. The molecule has 40 heavy (non-hydrogen) atoms. The fraction of sp³-hybridized carbons (Fsp3) is 0.370. The summed E-state index contributed by atoms with van der Waals surface area (Å²) in [4.78, 5) is 24.3. The van der Waals surface area contributed by atoms with Crippen LogP contribution >= 0.6 is 11.6 Å². The van der Waals surface area contributed by atoms with Crippen molar-refractivity contribution in [3.05, 3.63) is 76.7 Å². The van der Waals surface area contributed by atoms with Crippen LogP contribution in [0.15, 0.2) is 43.2 Å². The first-order chi connectivity index (χ1) is 19.4. The lowest BCUT2D eigenvalue weighted by molar-refractivity contribution is -0.126. The Labute approximate surface area is 232 Å². The summed E-state index contributed by atoms with van der Waals surface area (Å²) < 4.78 is 25.2. The maximum Gasteiger partial charge on any atom is 0.273 e. The normalized spacial score (nSPS) is 17.9. The summed E-state index contributed by atoms with van der Waals surface area (Å²) >= 11 is 5.91. The Morgan fingerprint density at radius 3 is 2.83 bits per heavy atom. The number of fused-ring (bicyclic) bond motifs is 2. The van der Waals surface area contributed by atoms with Gasteiger partial charge in [0.1, 0.15) is 5.52 Å². The van der Waals surface area contributed by atoms with Crippen LogP contribution in [0.2, 0.25) is 5.02 Å². The average molecular weight is 562 g/mol. The van der Waals surface area contributed by atoms with Gasteiger partial charge in [0, 0.05) is 31.7 Å². The topological polar surface area (TPSA) is 107 Å². The van der Waals surface area contributed by atoms with Crippen molar-refractivity contribution in [1.29, 1.82) is 0 Å². The fourth-order valence-electron chi connectivity index (χ4n) is 5.72. The molecular weight excluding hydrogens is 537 g/mol. The molecule has 0 atom stereocenters. The van der Waals surface area contributed by atoms with Gasteiger partial charge in [0.05, 0.1) is 66.3 Å². The standard InChI is InChI=1S/C27H25ClFN9O2/c28-19-3-4-35-15-31-20(24(35)23(19)29)6-30-26(39)21-10-38(34-33-21)9-18-8-36-7-17(16-1-2-16)5-22(25(36)32-18)37-11-27(12-37)13-40-14-27/h3-5,7-8,10,15-16H,1-2,6,9,11-14H2,(H,30,39). The lowest BCUT2D eigenvalue weighted by Gasteiger charge is -2.56. The Morgan fingerprint density at radius 1 is 1.20 bits per heavy atom. The lowest BCUT2D eigenvalue weighted by Crippen LogP contribution is -2.66. The minimum absolute atomic E-state index is 0.00639. The summed E-state index contributed by atoms with van der Waals surface area (Å²) in [5, 5.41) is 10.9. The van der Waals surface area contributed by atoms with Crippen LogP contribution in [-0.2, 0) is 17.8 Å². The van der Waals surface area contributed by atoms with Crippen molar-refractivity contribution in [2.45, 2.75) is 31.8 Å². The smallest absolute Gasteiger partial charge is 0.273 e. The largest absolute Gasteiger partial charge is 0.380 e. The molecule has 11 nitrogen and oxygen atoms in total. The number of rotatable bonds is 7. The van der Waals surface area contributed by atoms with E-state index in [9.17, 15) is 9.18 Å². The van der Waals surface area contributed by atoms with Gasteiger partial charge in [0.15, 0.2) is 17.2 Å². The van der Waals surface area contributed by atoms with Crippen molar-refractivity contribution in [1.82, 2.24) is 39.1 Å². The summed E-state index contributed by atoms with van der Waals surface area (Å²) in [6.45, 7) is 4.06. The van der Waals surface area contributed by atoms with E-state index in [-0.39, 0.29) is 22.8 Å². The molecular formula is C27H25ClFN9O2. The molecule has 1 aliphatic carbocycles. The van der Waals surface area contributed by atoms with Gasteiger partial charge in [-0.25, -0.2) is 19.0 Å². The number of nitrogens with one attached hydrogen (secondary N) is 1. The van der Waals surface area contributed by atoms with Crippen LogP contribution in [0.4, 0.5) is 10.1 Å². The Kier molecular flexibility index (Phi) is 5.20. The van der Waals surface area contributed by atoms with E-state index in [2.05, 4.69) is 42.2 Å². The van der Waals surface area contributed by atoms with E-state index in [4.69, 9.17) is 21.3 Å². The van der Waals surface area contributed by atoms with E-state index < -0.39 is 11.7 Å². The van der Waals surface area contributed by atoms with Gasteiger partial charge in [0.2, 0.25) is 0 Å². The zero-order valence-electron chi connectivity index (χ0n) is 21.4. The molecule has 8 rings (SSSR count). The summed E-state index contributed by atoms with van der Waals surface area (Å²) in [6, 6.07) is 3.75. The van der Waals surface area contributed by atoms with Gasteiger partial charge in [-0.1, -0.05) is 16.8 Å². The molecule has 5 aromatic heterocycles. The molecule has 2 aliphatic heterocycles. The number of imidazole rings is 2. The molecule has 13 heteroatoms. The highest BCUT2D eigenvalue weighted by Crippen LogP contribution is 2.45. The highest BCUT2D eigenvalue weighted by Gasteiger charge is 2.49. The number of nitrogens with zero attached hydrogens (tertiary/aromatic N) is 8. The minimum atomic E-state index is -0.581. The molecule has 7 heterocycles. The SMILES string of the molecule is O=C(NCc1ncn2ccc(Cl)c(F)c12)c1cn(Cc2cn3cc(C4CC4)cc(N4CC5(COC5)C4)c3n2)nn1. The number of amides is 1. The van der Waals surface area contributed by atoms with E-state index in [0.29, 0.717) is 23.6 Å². The van der Waals surface area contributed by atoms with Crippen molar-refractivity contribution >= 4 is 34.4 Å². The molecule has 1 N–H and O–H groups in total. The summed E-state index contributed by atoms with van der Waals surface area (Å²) in [5.41, 5.74) is 5.31. The number of hydrogen-bond acceptors (Lipinski definition) is 7. The predicted molar refractivity (Wildman–Crippen MR) is 143 cm³/mol. The first kappa shape index (κ1) is 23.8. The van der Waals surface area contributed by atoms with Crippen LogP contribution in [0.1, 0.15) is 46.2 Å². The Hall–Kier alpha value is -4.03. The van der Waals surface area contributed by atoms with Crippen LogP contribution in [0.5, 0.6) is 0 Å². The van der Waals surface area contributed by atoms with Crippen LogP contribution < -0.4 is 10.2 Å². The lowest BCUT2D eigenvalue weighted by atomic mass is 9.78. The highest BCUT2D eigenvalue weighted by atomic mass is 35.5. The first-order valence-corrected chi connectivity index (χ1v) is 13.6. The van der Waals surface area contributed by atoms with Gasteiger partial charge in [-0.15, -0.1) is 5.10 Å². The van der Waals surface area contributed by atoms with Crippen molar-refractivity contribution in [2.24, 2.45) is 5.41 Å². The zero-order chi connectivity index (χ0) is 27.0. The third kappa shape index (κ3) is 3.93. The first-order valence-electron chi connectivity index (χ1n) is 13.3. The molecule has 0 bridgehead atoms. The van der Waals surface area contributed by atoms with E-state index in [1.807, 2.05) is 6.20 Å². The molecule has 3 fully saturated rings. The number of hydrogen-bond donors (Lipinski definition) is 1. The monoisotopic (exact) mass is 561 g/mol. The molecule has 1 spiro atoms. The van der Waals surface area contributed by atoms with E-state index in [0.717, 1.165) is 43.3 Å². The molecule has 2 saturated heterocycles. The zero-order valence-corrected chi connectivity index (χ0v) is 22.2. The number of carbonyl (C=O) groups excluding carboxylic acids is 1. The molecule has 0 aromatic carbocycles. The van der Waals surface area contributed by atoms with Gasteiger partial charge in [-0.2, -0.15) is 0 Å². The van der Waals surface area contributed by atoms with Crippen LogP contribution in [0, 0.1) is 11.2 Å². The molecule has 5 aromatic rings. The third-order valence-corrected chi connectivity index (χ3v) is 8.33. The van der Waals surface area contributed by atoms with Crippen LogP contribution in [-0.4, -0.2) is 66.0 Å². The minimum Gasteiger partial charge on any atom is -0.380 e. The molecule has 3 aliphatic rings. The van der Waals surface area contributed by atoms with Gasteiger partial charge < -0.3 is 23.8 Å². The van der Waals surface area contributed by atoms with Gasteiger partial charge in [-0.05, 0) is 36.5 Å². The van der Waals surface area contributed by atoms with Crippen molar-refractivity contribution in [3.8, 4) is 0 Å². The van der Waals surface area contributed by atoms with Crippen molar-refractivity contribution in [3.63, 3.8) is 0 Å². The van der Waals surface area contributed by atoms with E-state index in [1.165, 1.54) is 35.2 Å². The summed E-state index contributed by atoms with van der Waals surface area (Å²) in [7, 11) is 0. The highest BCUT2D eigenvalue weighted by molar-refractivity contribution is 6.31. The number of aromatic nitrogens is 7. The summed E-state index contributed by atoms with van der Waals surface area (Å²) in [6.07, 6.45) is 11.3. The van der Waals surface area contributed by atoms with Gasteiger partial charge in [-0.3, -0.25) is 4.79 Å². The van der Waals surface area contributed by atoms with E-state index >= 15 is 0 Å². The average Bonchev–Trinajstić information content (AvgIpc) is 3.29. The molecule has 204 valence electrons. The summed E-state index contributed by atoms with van der Waals surface area (Å²) in [5.74, 6) is -0.392. The number of pyridine rings is 2. The quantitative estimate of drug-likeness (QED) is 0.325. The predicted octanol–water partition coefficient (Wildman–Crippen LogP) is 3.06. The number of ether oxygens (including phenoxy) is 1. The van der Waals surface area contributed by atoms with Crippen LogP contribution in [0.25, 0.3) is 11.2 Å². The van der Waals surface area contributed by atoms with Crippen LogP contribution in [0.3, 0.4) is 0 Å². The van der Waals surface area contributed by atoms with Gasteiger partial charge in [0.25, 0.3) is 5.91 Å². The number of halogens is 2. The maximum absolute atomic E-state index is 14.5. The second kappa shape index (κ2) is 8.73. The second-order valence-electron chi connectivity index (χ2n) is 11.2. The maximum atomic E-state index is 14.5. The number of anilines is 1. The Bertz CT molecular complexity index is 1790. The Morgan fingerprint density at radius 2 is 2.05 bits per heavy atom. The van der Waals surface area contributed by atoms with Gasteiger partial charge >= 0.3 is 0 Å². The van der Waals surface area contributed by atoms with Crippen molar-refractivity contribution in [2.75, 3.05) is 31.2 Å². The third-order valence-electron chi connectivity index (χ3n) is 8.04. The molecule has 0 unspecified atom stereocenters. The number of carbonyl (C=O) groups is 1. The molecule has 0 radical (unpaired) electrons. The van der Waals surface area contributed by atoms with Crippen molar-refractivity contribution < 1.29 is 13.9 Å².